The maximum Gasteiger partial charge on any atom is 0.259 e. The van der Waals surface area contributed by atoms with Crippen molar-refractivity contribution in [3.63, 3.8) is 0 Å². The number of ether oxygens (including phenoxy) is 1. The molecule has 0 unspecified atom stereocenters. The molecule has 1 amide bonds. The van der Waals surface area contributed by atoms with Crippen LogP contribution in [-0.2, 0) is 11.3 Å². The van der Waals surface area contributed by atoms with Gasteiger partial charge in [-0.3, -0.25) is 9.79 Å². The van der Waals surface area contributed by atoms with E-state index in [0.717, 1.165) is 24.5 Å². The number of carbonyl (C=O) groups excluding carboxylic acids is 1. The number of nitrogens with zero attached hydrogens (tertiary/aromatic N) is 2. The molecule has 0 aromatic heterocycles. The highest BCUT2D eigenvalue weighted by molar-refractivity contribution is 14.0. The SMILES string of the molecule is CCCCCNC(=NC)NCc1cccc(OCC(=O)N(C)C)c1.I. The van der Waals surface area contributed by atoms with Crippen LogP contribution in [0.15, 0.2) is 29.3 Å². The minimum atomic E-state index is -0.0600. The fraction of sp³-hybridized carbons (Fsp3) is 0.556. The molecule has 0 aliphatic rings. The molecule has 0 saturated carbocycles. The van der Waals surface area contributed by atoms with E-state index in [9.17, 15) is 4.79 Å². The van der Waals surface area contributed by atoms with Crippen molar-refractivity contribution in [2.45, 2.75) is 32.7 Å². The van der Waals surface area contributed by atoms with Crippen LogP contribution in [0.5, 0.6) is 5.75 Å². The van der Waals surface area contributed by atoms with Gasteiger partial charge in [0.05, 0.1) is 0 Å². The van der Waals surface area contributed by atoms with Gasteiger partial charge >= 0.3 is 0 Å². The maximum absolute atomic E-state index is 11.6. The normalized spacial score (nSPS) is 10.6. The minimum absolute atomic E-state index is 0. The molecule has 1 rings (SSSR count). The van der Waals surface area contributed by atoms with Gasteiger partial charge in [-0.25, -0.2) is 0 Å². The molecule has 0 radical (unpaired) electrons. The molecule has 0 heterocycles. The molecule has 6 nitrogen and oxygen atoms in total. The number of guanidine groups is 1. The molecular weight excluding hydrogens is 431 g/mol. The van der Waals surface area contributed by atoms with E-state index >= 15 is 0 Å². The van der Waals surface area contributed by atoms with Crippen molar-refractivity contribution in [1.82, 2.24) is 15.5 Å². The van der Waals surface area contributed by atoms with E-state index < -0.39 is 0 Å². The Morgan fingerprint density at radius 1 is 1.24 bits per heavy atom. The number of likely N-dealkylation sites (N-methyl/N-ethyl adjacent to an activating group) is 1. The van der Waals surface area contributed by atoms with Gasteiger partial charge in [-0.1, -0.05) is 31.9 Å². The summed E-state index contributed by atoms with van der Waals surface area (Å²) in [6.45, 7) is 3.80. The predicted octanol–water partition coefficient (Wildman–Crippen LogP) is 2.63. The van der Waals surface area contributed by atoms with Gasteiger partial charge in [0.1, 0.15) is 5.75 Å². The number of halogens is 1. The van der Waals surface area contributed by atoms with Crippen molar-refractivity contribution in [3.8, 4) is 5.75 Å². The average Bonchev–Trinajstić information content (AvgIpc) is 2.59. The molecule has 0 aliphatic carbocycles. The van der Waals surface area contributed by atoms with E-state index in [1.54, 1.807) is 21.1 Å². The molecule has 7 heteroatoms. The van der Waals surface area contributed by atoms with Crippen LogP contribution in [-0.4, -0.2) is 51.1 Å². The first-order valence-corrected chi connectivity index (χ1v) is 8.43. The topological polar surface area (TPSA) is 66.0 Å². The number of hydrogen-bond acceptors (Lipinski definition) is 3. The third-order valence-corrected chi connectivity index (χ3v) is 3.52. The van der Waals surface area contributed by atoms with E-state index in [2.05, 4.69) is 22.5 Å². The summed E-state index contributed by atoms with van der Waals surface area (Å²) in [6, 6.07) is 7.71. The molecule has 0 atom stereocenters. The lowest BCUT2D eigenvalue weighted by Crippen LogP contribution is -2.37. The Morgan fingerprint density at radius 3 is 2.64 bits per heavy atom. The van der Waals surface area contributed by atoms with Gasteiger partial charge in [-0.05, 0) is 24.1 Å². The Kier molecular flexibility index (Phi) is 12.9. The van der Waals surface area contributed by atoms with Crippen LogP contribution in [0.1, 0.15) is 31.7 Å². The summed E-state index contributed by atoms with van der Waals surface area (Å²) in [7, 11) is 5.19. The molecule has 25 heavy (non-hydrogen) atoms. The highest BCUT2D eigenvalue weighted by Gasteiger charge is 2.05. The van der Waals surface area contributed by atoms with Crippen LogP contribution in [0, 0.1) is 0 Å². The van der Waals surface area contributed by atoms with E-state index in [0.29, 0.717) is 12.3 Å². The Bertz CT molecular complexity index is 536. The Balaban J connectivity index is 0.00000576. The number of carbonyl (C=O) groups is 1. The van der Waals surface area contributed by atoms with Crippen LogP contribution in [0.2, 0.25) is 0 Å². The van der Waals surface area contributed by atoms with Gasteiger partial charge in [0.25, 0.3) is 5.91 Å². The summed E-state index contributed by atoms with van der Waals surface area (Å²) < 4.78 is 5.53. The number of amides is 1. The molecule has 1 aromatic carbocycles. The third kappa shape index (κ3) is 10.2. The number of nitrogens with one attached hydrogen (secondary N) is 2. The lowest BCUT2D eigenvalue weighted by atomic mass is 10.2. The zero-order chi connectivity index (χ0) is 17.8. The van der Waals surface area contributed by atoms with Gasteiger partial charge < -0.3 is 20.3 Å². The first-order chi connectivity index (χ1) is 11.6. The van der Waals surface area contributed by atoms with Gasteiger partial charge in [-0.2, -0.15) is 0 Å². The second-order valence-corrected chi connectivity index (χ2v) is 5.78. The summed E-state index contributed by atoms with van der Waals surface area (Å²) in [6.07, 6.45) is 3.56. The minimum Gasteiger partial charge on any atom is -0.484 e. The first-order valence-electron chi connectivity index (χ1n) is 8.43. The highest BCUT2D eigenvalue weighted by Crippen LogP contribution is 2.13. The summed E-state index contributed by atoms with van der Waals surface area (Å²) in [5.41, 5.74) is 1.07. The second-order valence-electron chi connectivity index (χ2n) is 5.78. The Hall–Kier alpha value is -1.51. The van der Waals surface area contributed by atoms with Gasteiger partial charge in [0, 0.05) is 34.2 Å². The number of aliphatic imine (C=N–C) groups is 1. The molecule has 2 N–H and O–H groups in total. The van der Waals surface area contributed by atoms with Crippen molar-refractivity contribution >= 4 is 35.8 Å². The van der Waals surface area contributed by atoms with Gasteiger partial charge in [-0.15, -0.1) is 24.0 Å². The zero-order valence-corrected chi connectivity index (χ0v) is 18.0. The molecule has 1 aromatic rings. The molecule has 0 saturated heterocycles. The van der Waals surface area contributed by atoms with Crippen molar-refractivity contribution in [2.24, 2.45) is 4.99 Å². The van der Waals surface area contributed by atoms with Crippen LogP contribution < -0.4 is 15.4 Å². The fourth-order valence-electron chi connectivity index (χ4n) is 2.01. The summed E-state index contributed by atoms with van der Waals surface area (Å²) >= 11 is 0. The van der Waals surface area contributed by atoms with E-state index in [1.807, 2.05) is 24.3 Å². The molecule has 0 bridgehead atoms. The highest BCUT2D eigenvalue weighted by atomic mass is 127. The van der Waals surface area contributed by atoms with E-state index in [4.69, 9.17) is 4.74 Å². The second kappa shape index (κ2) is 13.7. The number of benzene rings is 1. The van der Waals surface area contributed by atoms with Crippen molar-refractivity contribution in [1.29, 1.82) is 0 Å². The molecular formula is C18H31IN4O2. The summed E-state index contributed by atoms with van der Waals surface area (Å²) in [4.78, 5) is 17.3. The van der Waals surface area contributed by atoms with Crippen LogP contribution in [0.4, 0.5) is 0 Å². The van der Waals surface area contributed by atoms with Crippen LogP contribution >= 0.6 is 24.0 Å². The van der Waals surface area contributed by atoms with Gasteiger partial charge in [0.2, 0.25) is 0 Å². The number of hydrogen-bond donors (Lipinski definition) is 2. The molecule has 0 fully saturated rings. The zero-order valence-electron chi connectivity index (χ0n) is 15.7. The van der Waals surface area contributed by atoms with Crippen molar-refractivity contribution in [3.05, 3.63) is 29.8 Å². The van der Waals surface area contributed by atoms with Crippen LogP contribution in [0.3, 0.4) is 0 Å². The standard InChI is InChI=1S/C18H30N4O2.HI/c1-5-6-7-11-20-18(19-2)21-13-15-9-8-10-16(12-15)24-14-17(23)22(3)4;/h8-10,12H,5-7,11,13-14H2,1-4H3,(H2,19,20,21);1H. The number of unbranched alkanes of at least 4 members (excludes halogenated alkanes) is 2. The fourth-order valence-corrected chi connectivity index (χ4v) is 2.01. The molecule has 142 valence electrons. The predicted molar refractivity (Wildman–Crippen MR) is 114 cm³/mol. The maximum atomic E-state index is 11.6. The quantitative estimate of drug-likeness (QED) is 0.256. The first kappa shape index (κ1) is 23.5. The summed E-state index contributed by atoms with van der Waals surface area (Å²) in [5.74, 6) is 1.42. The molecule has 0 spiro atoms. The smallest absolute Gasteiger partial charge is 0.259 e. The summed E-state index contributed by atoms with van der Waals surface area (Å²) in [5, 5.41) is 6.58. The Labute approximate surface area is 168 Å². The third-order valence-electron chi connectivity index (χ3n) is 3.52. The van der Waals surface area contributed by atoms with Gasteiger partial charge in [0.15, 0.2) is 12.6 Å². The van der Waals surface area contributed by atoms with Crippen molar-refractivity contribution in [2.75, 3.05) is 34.3 Å². The largest absolute Gasteiger partial charge is 0.484 e. The van der Waals surface area contributed by atoms with Crippen molar-refractivity contribution < 1.29 is 9.53 Å². The lowest BCUT2D eigenvalue weighted by Gasteiger charge is -2.13. The average molecular weight is 462 g/mol. The van der Waals surface area contributed by atoms with Crippen LogP contribution in [0.25, 0.3) is 0 Å². The van der Waals surface area contributed by atoms with E-state index in [1.165, 1.54) is 17.7 Å². The lowest BCUT2D eigenvalue weighted by molar-refractivity contribution is -0.130. The Morgan fingerprint density at radius 2 is 2.00 bits per heavy atom. The monoisotopic (exact) mass is 462 g/mol. The van der Waals surface area contributed by atoms with E-state index in [-0.39, 0.29) is 36.5 Å². The molecule has 0 aliphatic heterocycles. The number of rotatable bonds is 9.